The average molecular weight is 257 g/mol. The highest BCUT2D eigenvalue weighted by Gasteiger charge is 2.14. The summed E-state index contributed by atoms with van der Waals surface area (Å²) in [6.45, 7) is 3.17. The van der Waals surface area contributed by atoms with Crippen LogP contribution in [0, 0.1) is 12.8 Å². The van der Waals surface area contributed by atoms with Crippen LogP contribution in [0.25, 0.3) is 5.69 Å². The minimum Gasteiger partial charge on any atom is -0.385 e. The summed E-state index contributed by atoms with van der Waals surface area (Å²) in [5.74, 6) is 0.847. The molecule has 100 valence electrons. The first kappa shape index (κ1) is 12.1. The van der Waals surface area contributed by atoms with E-state index in [2.05, 4.69) is 46.0 Å². The second-order valence-corrected chi connectivity index (χ2v) is 5.29. The zero-order valence-electron chi connectivity index (χ0n) is 11.2. The Balaban J connectivity index is 1.68. The van der Waals surface area contributed by atoms with Crippen molar-refractivity contribution in [3.63, 3.8) is 0 Å². The number of tetrazole rings is 1. The van der Waals surface area contributed by atoms with E-state index in [0.717, 1.165) is 18.2 Å². The van der Waals surface area contributed by atoms with E-state index in [0.29, 0.717) is 0 Å². The van der Waals surface area contributed by atoms with Gasteiger partial charge in [0, 0.05) is 12.2 Å². The van der Waals surface area contributed by atoms with E-state index < -0.39 is 0 Å². The highest BCUT2D eigenvalue weighted by atomic mass is 15.5. The number of anilines is 1. The van der Waals surface area contributed by atoms with Gasteiger partial charge in [-0.1, -0.05) is 12.8 Å². The molecule has 0 spiro atoms. The number of aromatic nitrogens is 4. The highest BCUT2D eigenvalue weighted by Crippen LogP contribution is 2.25. The van der Waals surface area contributed by atoms with Crippen LogP contribution in [0.15, 0.2) is 24.5 Å². The number of nitrogens with zero attached hydrogens (tertiary/aromatic N) is 4. The molecule has 1 aliphatic carbocycles. The molecule has 0 atom stereocenters. The number of rotatable bonds is 4. The largest absolute Gasteiger partial charge is 0.385 e. The maximum absolute atomic E-state index is 3.92. The molecule has 3 rings (SSSR count). The third-order valence-electron chi connectivity index (χ3n) is 3.86. The molecule has 0 bridgehead atoms. The molecule has 0 aliphatic heterocycles. The van der Waals surface area contributed by atoms with Gasteiger partial charge in [-0.2, -0.15) is 0 Å². The molecular weight excluding hydrogens is 238 g/mol. The normalized spacial score (nSPS) is 15.8. The molecule has 0 unspecified atom stereocenters. The molecule has 0 amide bonds. The zero-order chi connectivity index (χ0) is 13.1. The van der Waals surface area contributed by atoms with Crippen molar-refractivity contribution in [3.05, 3.63) is 30.1 Å². The first-order valence-corrected chi connectivity index (χ1v) is 6.91. The van der Waals surface area contributed by atoms with Gasteiger partial charge in [0.2, 0.25) is 0 Å². The predicted octanol–water partition coefficient (Wildman–Crippen LogP) is 2.57. The van der Waals surface area contributed by atoms with E-state index in [4.69, 9.17) is 0 Å². The minimum atomic E-state index is 0.847. The molecule has 5 heteroatoms. The molecule has 1 aliphatic rings. The van der Waals surface area contributed by atoms with Crippen molar-refractivity contribution in [3.8, 4) is 5.69 Å². The summed E-state index contributed by atoms with van der Waals surface area (Å²) in [5.41, 5.74) is 3.38. The Labute approximate surface area is 113 Å². The zero-order valence-corrected chi connectivity index (χ0v) is 11.2. The van der Waals surface area contributed by atoms with Crippen molar-refractivity contribution in [1.82, 2.24) is 20.2 Å². The molecule has 1 N–H and O–H groups in total. The van der Waals surface area contributed by atoms with Gasteiger partial charge in [-0.05, 0) is 59.9 Å². The molecule has 1 fully saturated rings. The average Bonchev–Trinajstić information content (AvgIpc) is 3.10. The summed E-state index contributed by atoms with van der Waals surface area (Å²) in [5, 5.41) is 14.8. The second kappa shape index (κ2) is 5.38. The van der Waals surface area contributed by atoms with Gasteiger partial charge in [0.15, 0.2) is 0 Å². The van der Waals surface area contributed by atoms with Gasteiger partial charge in [0.25, 0.3) is 0 Å². The van der Waals surface area contributed by atoms with E-state index in [9.17, 15) is 0 Å². The Morgan fingerprint density at radius 3 is 2.84 bits per heavy atom. The van der Waals surface area contributed by atoms with Gasteiger partial charge in [0.05, 0.1) is 5.69 Å². The van der Waals surface area contributed by atoms with Gasteiger partial charge in [-0.15, -0.1) is 5.10 Å². The van der Waals surface area contributed by atoms with Gasteiger partial charge in [-0.25, -0.2) is 4.68 Å². The van der Waals surface area contributed by atoms with Crippen LogP contribution in [-0.4, -0.2) is 26.8 Å². The van der Waals surface area contributed by atoms with Crippen LogP contribution in [0.1, 0.15) is 31.2 Å². The Hall–Kier alpha value is -1.91. The van der Waals surface area contributed by atoms with E-state index in [1.165, 1.54) is 36.9 Å². The summed E-state index contributed by atoms with van der Waals surface area (Å²) >= 11 is 0. The number of hydrogen-bond acceptors (Lipinski definition) is 4. The molecule has 2 aromatic rings. The maximum Gasteiger partial charge on any atom is 0.143 e. The summed E-state index contributed by atoms with van der Waals surface area (Å²) in [6, 6.07) is 6.31. The second-order valence-electron chi connectivity index (χ2n) is 5.29. The van der Waals surface area contributed by atoms with Crippen LogP contribution in [-0.2, 0) is 0 Å². The van der Waals surface area contributed by atoms with Crippen molar-refractivity contribution >= 4 is 5.69 Å². The van der Waals surface area contributed by atoms with Gasteiger partial charge < -0.3 is 5.32 Å². The Morgan fingerprint density at radius 2 is 2.16 bits per heavy atom. The van der Waals surface area contributed by atoms with Crippen molar-refractivity contribution in [1.29, 1.82) is 0 Å². The van der Waals surface area contributed by atoms with Crippen LogP contribution < -0.4 is 5.32 Å². The lowest BCUT2D eigenvalue weighted by Crippen LogP contribution is -2.11. The van der Waals surface area contributed by atoms with E-state index in [-0.39, 0.29) is 0 Å². The molecule has 1 heterocycles. The van der Waals surface area contributed by atoms with E-state index >= 15 is 0 Å². The molecule has 0 saturated heterocycles. The number of aryl methyl sites for hydroxylation is 1. The van der Waals surface area contributed by atoms with Crippen LogP contribution in [0.3, 0.4) is 0 Å². The fourth-order valence-electron chi connectivity index (χ4n) is 2.77. The van der Waals surface area contributed by atoms with E-state index in [1.807, 2.05) is 0 Å². The Bertz CT molecular complexity index is 529. The molecular formula is C14H19N5. The van der Waals surface area contributed by atoms with Crippen molar-refractivity contribution in [2.24, 2.45) is 5.92 Å². The van der Waals surface area contributed by atoms with Crippen LogP contribution >= 0.6 is 0 Å². The standard InChI is InChI=1S/C14H19N5/c1-11-8-13(15-9-12-4-2-3-5-12)6-7-14(11)19-10-16-17-18-19/h6-8,10,12,15H,2-5,9H2,1H3. The number of benzene rings is 1. The molecule has 19 heavy (non-hydrogen) atoms. The van der Waals surface area contributed by atoms with E-state index in [1.54, 1.807) is 11.0 Å². The summed E-state index contributed by atoms with van der Waals surface area (Å²) < 4.78 is 1.69. The molecule has 5 nitrogen and oxygen atoms in total. The summed E-state index contributed by atoms with van der Waals surface area (Å²) in [7, 11) is 0. The SMILES string of the molecule is Cc1cc(NCC2CCCC2)ccc1-n1cnnn1. The fourth-order valence-corrected chi connectivity index (χ4v) is 2.77. The molecule has 0 radical (unpaired) electrons. The van der Waals surface area contributed by atoms with Gasteiger partial charge >= 0.3 is 0 Å². The topological polar surface area (TPSA) is 55.6 Å². The van der Waals surface area contributed by atoms with Crippen molar-refractivity contribution < 1.29 is 0 Å². The number of nitrogens with one attached hydrogen (secondary N) is 1. The Morgan fingerprint density at radius 1 is 1.32 bits per heavy atom. The highest BCUT2D eigenvalue weighted by molar-refractivity contribution is 5.53. The first-order chi connectivity index (χ1) is 9.33. The smallest absolute Gasteiger partial charge is 0.143 e. The molecule has 1 saturated carbocycles. The molecule has 1 aromatic carbocycles. The van der Waals surface area contributed by atoms with Crippen LogP contribution in [0.2, 0.25) is 0 Å². The quantitative estimate of drug-likeness (QED) is 0.914. The first-order valence-electron chi connectivity index (χ1n) is 6.91. The summed E-state index contributed by atoms with van der Waals surface area (Å²) in [6.07, 6.45) is 7.14. The lowest BCUT2D eigenvalue weighted by atomic mass is 10.1. The third-order valence-corrected chi connectivity index (χ3v) is 3.86. The van der Waals surface area contributed by atoms with Crippen molar-refractivity contribution in [2.75, 3.05) is 11.9 Å². The minimum absolute atomic E-state index is 0.847. The third kappa shape index (κ3) is 2.75. The predicted molar refractivity (Wildman–Crippen MR) is 74.3 cm³/mol. The lowest BCUT2D eigenvalue weighted by molar-refractivity contribution is 0.580. The van der Waals surface area contributed by atoms with Crippen LogP contribution in [0.5, 0.6) is 0 Å². The summed E-state index contributed by atoms with van der Waals surface area (Å²) in [4.78, 5) is 0. The number of hydrogen-bond donors (Lipinski definition) is 1. The van der Waals surface area contributed by atoms with Gasteiger partial charge in [-0.3, -0.25) is 0 Å². The lowest BCUT2D eigenvalue weighted by Gasteiger charge is -2.13. The monoisotopic (exact) mass is 257 g/mol. The maximum atomic E-state index is 3.92. The fraction of sp³-hybridized carbons (Fsp3) is 0.500. The molecule has 1 aromatic heterocycles. The van der Waals surface area contributed by atoms with Gasteiger partial charge in [0.1, 0.15) is 6.33 Å². The Kier molecular flexibility index (Phi) is 3.44. The van der Waals surface area contributed by atoms with Crippen LogP contribution in [0.4, 0.5) is 5.69 Å². The van der Waals surface area contributed by atoms with Crippen molar-refractivity contribution in [2.45, 2.75) is 32.6 Å².